The maximum atomic E-state index is 14.4. The molecule has 3 N–H and O–H groups in total. The first-order chi connectivity index (χ1) is 27.2. The maximum Gasteiger partial charge on any atom is 0.514 e. The molecule has 4 aliphatic rings. The maximum absolute atomic E-state index is 14.4. The van der Waals surface area contributed by atoms with Crippen molar-refractivity contribution in [2.24, 2.45) is 17.8 Å². The van der Waals surface area contributed by atoms with Gasteiger partial charge >= 0.3 is 24.1 Å². The molecule has 0 bridgehead atoms. The highest BCUT2D eigenvalue weighted by molar-refractivity contribution is 6.05. The summed E-state index contributed by atoms with van der Waals surface area (Å²) >= 11 is 0. The number of esters is 1. The molecule has 15 nitrogen and oxygen atoms in total. The van der Waals surface area contributed by atoms with Gasteiger partial charge in [0.25, 0.3) is 0 Å². The lowest BCUT2D eigenvalue weighted by atomic mass is 9.67. The number of carboxylic acid groups (broad SMARTS) is 2. The van der Waals surface area contributed by atoms with Gasteiger partial charge in [0.1, 0.15) is 30.0 Å². The normalized spacial score (nSPS) is 26.8. The zero-order chi connectivity index (χ0) is 42.6. The van der Waals surface area contributed by atoms with Crippen LogP contribution >= 0.6 is 0 Å². The van der Waals surface area contributed by atoms with Crippen molar-refractivity contribution in [1.29, 1.82) is 0 Å². The number of carbonyl (C=O) groups excluding carboxylic acids is 5. The van der Waals surface area contributed by atoms with Crippen LogP contribution in [0, 0.1) is 17.8 Å². The molecule has 0 saturated carbocycles. The van der Waals surface area contributed by atoms with E-state index < -0.39 is 81.8 Å². The summed E-state index contributed by atoms with van der Waals surface area (Å²) in [5.41, 5.74) is 0.601. The summed E-state index contributed by atoms with van der Waals surface area (Å²) in [6, 6.07) is 6.41. The summed E-state index contributed by atoms with van der Waals surface area (Å²) < 4.78 is 15.5. The molecule has 6 rings (SSSR count). The first-order valence-corrected chi connectivity index (χ1v) is 19.9. The van der Waals surface area contributed by atoms with Gasteiger partial charge in [-0.2, -0.15) is 4.79 Å². The summed E-state index contributed by atoms with van der Waals surface area (Å²) in [7, 11) is 1.20. The smallest absolute Gasteiger partial charge is 0.488 e. The van der Waals surface area contributed by atoms with Crippen LogP contribution in [0.4, 0.5) is 9.59 Å². The summed E-state index contributed by atoms with van der Waals surface area (Å²) in [5.74, 6) is -4.49. The predicted molar refractivity (Wildman–Crippen MR) is 208 cm³/mol. The number of likely N-dealkylation sites (tertiary alicyclic amines) is 2. The number of methoxy groups -OCH3 is 1. The molecule has 0 spiro atoms. The molecule has 2 unspecified atom stereocenters. The van der Waals surface area contributed by atoms with Crippen LogP contribution < -0.4 is 10.1 Å². The van der Waals surface area contributed by atoms with Crippen molar-refractivity contribution in [2.45, 2.75) is 116 Å². The molecule has 2 saturated heterocycles. The van der Waals surface area contributed by atoms with E-state index in [2.05, 4.69) is 10.1 Å². The third kappa shape index (κ3) is 6.80. The molecule has 58 heavy (non-hydrogen) atoms. The standard InChI is InChI=1S/C43H53N3O12/c1-22(2)35(44-40(53)56-8)37(49)45-24(4)9-14-32(45)38(50)58-21-33(47)26-10-12-28-27(15-26)20-57-34-17-29-25(16-30(28)34)11-13-31(36(29)48)43(39(51)52)18-23(3)19-46(43,41(54)55)42(5,6)7/h10,12,15-17,22-24,31-32,35H,9,11,13-14,18-21H2,1-8H3,(H2-,44,51,52,53,54,55)/p+1/t23-,24-,31?,32-,35-,43-,46?/m0/s1. The summed E-state index contributed by atoms with van der Waals surface area (Å²) in [5, 5.41) is 24.2. The SMILES string of the molecule is COC(=O)N[C@H](C(=O)N1[C@@H](C)CC[C@H]1C(=O)OCC(=O)c1ccc2c(c1)COc1cc3c(cc1-2)CCC([C@]1(C(=O)O)C[C@H](C)C[N+]1(C(=O)O)C(C)(C)C)C3=O)C(C)C. The second kappa shape index (κ2) is 15.5. The van der Waals surface area contributed by atoms with Gasteiger partial charge in [-0.05, 0) is 94.2 Å². The Bertz CT molecular complexity index is 2070. The number of carboxylic acids is 1. The number of aryl methyl sites for hydroxylation is 1. The van der Waals surface area contributed by atoms with Crippen LogP contribution in [0.3, 0.4) is 0 Å². The summed E-state index contributed by atoms with van der Waals surface area (Å²) in [4.78, 5) is 94.5. The number of quaternary nitrogens is 1. The number of Topliss-reactive ketones (excluding diaryl/α,β-unsaturated/α-hetero) is 2. The largest absolute Gasteiger partial charge is 0.514 e. The molecule has 312 valence electrons. The lowest BCUT2D eigenvalue weighted by Crippen LogP contribution is -2.77. The van der Waals surface area contributed by atoms with Crippen molar-refractivity contribution < 1.29 is 62.5 Å². The summed E-state index contributed by atoms with van der Waals surface area (Å²) in [6.45, 7) is 11.9. The number of ether oxygens (including phenoxy) is 3. The number of hydrogen-bond acceptors (Lipinski definition) is 10. The van der Waals surface area contributed by atoms with E-state index >= 15 is 0 Å². The van der Waals surface area contributed by atoms with E-state index in [1.807, 2.05) is 19.9 Å². The molecule has 3 aliphatic heterocycles. The molecule has 3 heterocycles. The first-order valence-electron chi connectivity index (χ1n) is 19.9. The van der Waals surface area contributed by atoms with Gasteiger partial charge in [-0.1, -0.05) is 32.9 Å². The van der Waals surface area contributed by atoms with Crippen molar-refractivity contribution in [3.05, 3.63) is 52.6 Å². The highest BCUT2D eigenvalue weighted by Crippen LogP contribution is 2.54. The molecular formula is C43H54N3O12+. The minimum absolute atomic E-state index is 0.0551. The van der Waals surface area contributed by atoms with Gasteiger partial charge in [0.15, 0.2) is 18.2 Å². The number of alkyl carbamates (subject to hydrolysis) is 1. The topological polar surface area (TPSA) is 203 Å². The van der Waals surface area contributed by atoms with Crippen LogP contribution in [0.1, 0.15) is 106 Å². The number of benzene rings is 2. The number of nitrogens with zero attached hydrogens (tertiary/aromatic N) is 2. The fourth-order valence-electron chi connectivity index (χ4n) is 10.1. The van der Waals surface area contributed by atoms with Crippen molar-refractivity contribution in [1.82, 2.24) is 10.2 Å². The fourth-order valence-corrected chi connectivity index (χ4v) is 10.1. The molecule has 1 aliphatic carbocycles. The zero-order valence-electron chi connectivity index (χ0n) is 34.4. The lowest BCUT2D eigenvalue weighted by molar-refractivity contribution is -0.934. The Morgan fingerprint density at radius 2 is 1.69 bits per heavy atom. The Morgan fingerprint density at radius 1 is 0.983 bits per heavy atom. The van der Waals surface area contributed by atoms with Crippen molar-refractivity contribution in [3.63, 3.8) is 0 Å². The van der Waals surface area contributed by atoms with Gasteiger partial charge in [-0.25, -0.2) is 18.9 Å². The highest BCUT2D eigenvalue weighted by atomic mass is 16.5. The van der Waals surface area contributed by atoms with Crippen molar-refractivity contribution in [3.8, 4) is 16.9 Å². The predicted octanol–water partition coefficient (Wildman–Crippen LogP) is 5.63. The van der Waals surface area contributed by atoms with Gasteiger partial charge in [0.2, 0.25) is 11.4 Å². The van der Waals surface area contributed by atoms with Gasteiger partial charge in [0.05, 0.1) is 19.6 Å². The molecule has 7 atom stereocenters. The van der Waals surface area contributed by atoms with Crippen LogP contribution in [-0.4, -0.2) is 111 Å². The Kier molecular flexibility index (Phi) is 11.3. The molecule has 3 amide bonds. The van der Waals surface area contributed by atoms with E-state index in [9.17, 15) is 43.8 Å². The van der Waals surface area contributed by atoms with Gasteiger partial charge in [-0.3, -0.25) is 14.4 Å². The van der Waals surface area contributed by atoms with Crippen LogP contribution in [0.25, 0.3) is 11.1 Å². The van der Waals surface area contributed by atoms with Gasteiger partial charge in [-0.15, -0.1) is 0 Å². The number of aliphatic carboxylic acids is 1. The molecule has 2 aromatic rings. The van der Waals surface area contributed by atoms with E-state index in [4.69, 9.17) is 9.47 Å². The second-order valence-electron chi connectivity index (χ2n) is 17.7. The fraction of sp³-hybridized carbons (Fsp3) is 0.558. The average molecular weight is 805 g/mol. The van der Waals surface area contributed by atoms with Crippen LogP contribution in [0.5, 0.6) is 5.75 Å². The minimum Gasteiger partial charge on any atom is -0.488 e. The van der Waals surface area contributed by atoms with Gasteiger partial charge < -0.3 is 34.6 Å². The number of fused-ring (bicyclic) bond motifs is 4. The molecule has 0 radical (unpaired) electrons. The Morgan fingerprint density at radius 3 is 2.31 bits per heavy atom. The minimum atomic E-state index is -1.87. The zero-order valence-corrected chi connectivity index (χ0v) is 34.4. The molecule has 2 aromatic carbocycles. The third-order valence-corrected chi connectivity index (χ3v) is 12.9. The number of ketones is 2. The Labute approximate surface area is 337 Å². The average Bonchev–Trinajstić information content (AvgIpc) is 3.73. The number of carbonyl (C=O) groups is 7. The third-order valence-electron chi connectivity index (χ3n) is 12.9. The Hall–Kier alpha value is -5.31. The van der Waals surface area contributed by atoms with E-state index in [1.165, 1.54) is 12.0 Å². The number of rotatable bonds is 9. The van der Waals surface area contributed by atoms with Crippen LogP contribution in [0.15, 0.2) is 30.3 Å². The second-order valence-corrected chi connectivity index (χ2v) is 17.7. The lowest BCUT2D eigenvalue weighted by Gasteiger charge is -2.52. The first kappa shape index (κ1) is 42.3. The molecule has 2 fully saturated rings. The van der Waals surface area contributed by atoms with Gasteiger partial charge in [0, 0.05) is 35.1 Å². The quantitative estimate of drug-likeness (QED) is 0.160. The van der Waals surface area contributed by atoms with E-state index in [-0.39, 0.29) is 49.4 Å². The molecule has 0 aromatic heterocycles. The number of nitrogens with one attached hydrogen (secondary N) is 1. The Balaban J connectivity index is 1.19. The monoisotopic (exact) mass is 804 g/mol. The van der Waals surface area contributed by atoms with Crippen LogP contribution in [0.2, 0.25) is 0 Å². The number of amides is 3. The van der Waals surface area contributed by atoms with E-state index in [0.717, 1.165) is 5.56 Å². The molecular weight excluding hydrogens is 750 g/mol. The van der Waals surface area contributed by atoms with E-state index in [0.29, 0.717) is 47.3 Å². The van der Waals surface area contributed by atoms with Crippen molar-refractivity contribution in [2.75, 3.05) is 20.3 Å². The summed E-state index contributed by atoms with van der Waals surface area (Å²) in [6.07, 6.45) is -0.564. The highest BCUT2D eigenvalue weighted by Gasteiger charge is 2.75. The molecule has 15 heteroatoms. The van der Waals surface area contributed by atoms with E-state index in [1.54, 1.807) is 58.9 Å². The van der Waals surface area contributed by atoms with Crippen molar-refractivity contribution >= 4 is 41.6 Å². The number of hydrogen-bond donors (Lipinski definition) is 3. The van der Waals surface area contributed by atoms with Crippen LogP contribution in [-0.2, 0) is 36.9 Å².